The van der Waals surface area contributed by atoms with Gasteiger partial charge in [0.15, 0.2) is 0 Å². The third kappa shape index (κ3) is 3.28. The van der Waals surface area contributed by atoms with Crippen molar-refractivity contribution in [2.24, 2.45) is 0 Å². The molecule has 98 valence electrons. The predicted molar refractivity (Wildman–Crippen MR) is 73.7 cm³/mol. The molecule has 1 aromatic heterocycles. The highest BCUT2D eigenvalue weighted by Crippen LogP contribution is 2.18. The van der Waals surface area contributed by atoms with Gasteiger partial charge in [0.2, 0.25) is 0 Å². The van der Waals surface area contributed by atoms with Crippen LogP contribution >= 0.6 is 0 Å². The van der Waals surface area contributed by atoms with Gasteiger partial charge in [-0.2, -0.15) is 0 Å². The summed E-state index contributed by atoms with van der Waals surface area (Å²) in [5.41, 5.74) is 1.09. The molecule has 1 atom stereocenters. The highest BCUT2D eigenvalue weighted by atomic mass is 16.2. The van der Waals surface area contributed by atoms with Gasteiger partial charge in [0.05, 0.1) is 6.04 Å². The van der Waals surface area contributed by atoms with Crippen LogP contribution in [0.4, 0.5) is 10.6 Å². The van der Waals surface area contributed by atoms with Crippen LogP contribution in [-0.4, -0.2) is 27.9 Å². The predicted octanol–water partition coefficient (Wildman–Crippen LogP) is 2.70. The highest BCUT2D eigenvalue weighted by Gasteiger charge is 2.17. The Morgan fingerprint density at radius 1 is 1.26 bits per heavy atom. The smallest absolute Gasteiger partial charge is 0.321 e. The molecule has 0 aliphatic heterocycles. The summed E-state index contributed by atoms with van der Waals surface area (Å²) in [4.78, 5) is 21.5. The van der Waals surface area contributed by atoms with Gasteiger partial charge in [-0.25, -0.2) is 14.8 Å². The third-order valence-corrected chi connectivity index (χ3v) is 3.00. The van der Waals surface area contributed by atoms with Gasteiger partial charge in [0, 0.05) is 13.2 Å². The second-order valence-electron chi connectivity index (χ2n) is 4.22. The van der Waals surface area contributed by atoms with E-state index in [0.717, 1.165) is 5.56 Å². The molecule has 0 bridgehead atoms. The standard InChI is InChI=1S/C14H16N4O/c1-11(12-6-4-3-5-7-12)18(2)14(19)17-13-8-9-15-10-16-13/h3-11H,1-2H3,(H,15,16,17,19)/t11-/m1/s1. The molecule has 19 heavy (non-hydrogen) atoms. The molecule has 0 fully saturated rings. The average Bonchev–Trinajstić information content (AvgIpc) is 2.47. The van der Waals surface area contributed by atoms with E-state index in [4.69, 9.17) is 0 Å². The van der Waals surface area contributed by atoms with Crippen LogP contribution in [0.1, 0.15) is 18.5 Å². The molecule has 0 aliphatic carbocycles. The monoisotopic (exact) mass is 256 g/mol. The summed E-state index contributed by atoms with van der Waals surface area (Å²) in [6, 6.07) is 11.3. The Balaban J connectivity index is 2.03. The summed E-state index contributed by atoms with van der Waals surface area (Å²) in [5.74, 6) is 0.493. The maximum absolute atomic E-state index is 12.1. The fraction of sp³-hybridized carbons (Fsp3) is 0.214. The van der Waals surface area contributed by atoms with E-state index in [1.54, 1.807) is 24.2 Å². The van der Waals surface area contributed by atoms with Gasteiger partial charge in [0.1, 0.15) is 12.1 Å². The van der Waals surface area contributed by atoms with Gasteiger partial charge >= 0.3 is 6.03 Å². The Kier molecular flexibility index (Phi) is 4.07. The number of hydrogen-bond donors (Lipinski definition) is 1. The van der Waals surface area contributed by atoms with E-state index in [0.29, 0.717) is 5.82 Å². The minimum atomic E-state index is -0.199. The number of nitrogens with zero attached hydrogens (tertiary/aromatic N) is 3. The molecule has 2 amide bonds. The Morgan fingerprint density at radius 3 is 2.63 bits per heavy atom. The second-order valence-corrected chi connectivity index (χ2v) is 4.22. The quantitative estimate of drug-likeness (QED) is 0.918. The van der Waals surface area contributed by atoms with Crippen LogP contribution in [-0.2, 0) is 0 Å². The van der Waals surface area contributed by atoms with Gasteiger partial charge in [-0.15, -0.1) is 0 Å². The van der Waals surface area contributed by atoms with Crippen molar-refractivity contribution in [3.05, 3.63) is 54.5 Å². The number of carbonyl (C=O) groups excluding carboxylic acids is 1. The molecular weight excluding hydrogens is 240 g/mol. The third-order valence-electron chi connectivity index (χ3n) is 3.00. The first-order chi connectivity index (χ1) is 9.18. The molecule has 5 nitrogen and oxygen atoms in total. The average molecular weight is 256 g/mol. The Morgan fingerprint density at radius 2 is 2.00 bits per heavy atom. The van der Waals surface area contributed by atoms with Crippen molar-refractivity contribution in [1.82, 2.24) is 14.9 Å². The lowest BCUT2D eigenvalue weighted by Crippen LogP contribution is -2.33. The normalized spacial score (nSPS) is 11.7. The minimum absolute atomic E-state index is 0.0111. The molecule has 5 heteroatoms. The van der Waals surface area contributed by atoms with Crippen molar-refractivity contribution in [2.75, 3.05) is 12.4 Å². The fourth-order valence-corrected chi connectivity index (χ4v) is 1.69. The number of carbonyl (C=O) groups is 1. The topological polar surface area (TPSA) is 58.1 Å². The zero-order valence-corrected chi connectivity index (χ0v) is 10.9. The second kappa shape index (κ2) is 5.95. The van der Waals surface area contributed by atoms with E-state index in [-0.39, 0.29) is 12.1 Å². The van der Waals surface area contributed by atoms with Crippen LogP contribution in [0.15, 0.2) is 48.9 Å². The summed E-state index contributed by atoms with van der Waals surface area (Å²) in [5, 5.41) is 2.73. The highest BCUT2D eigenvalue weighted by molar-refractivity contribution is 5.88. The Bertz CT molecular complexity index is 530. The van der Waals surface area contributed by atoms with Crippen molar-refractivity contribution in [3.8, 4) is 0 Å². The van der Waals surface area contributed by atoms with Gasteiger partial charge in [-0.3, -0.25) is 5.32 Å². The molecule has 1 aromatic carbocycles. The lowest BCUT2D eigenvalue weighted by atomic mass is 10.1. The van der Waals surface area contributed by atoms with E-state index in [2.05, 4.69) is 15.3 Å². The maximum Gasteiger partial charge on any atom is 0.323 e. The Labute approximate surface area is 112 Å². The van der Waals surface area contributed by atoms with Crippen LogP contribution in [0.25, 0.3) is 0 Å². The molecule has 0 saturated heterocycles. The van der Waals surface area contributed by atoms with Crippen LogP contribution < -0.4 is 5.32 Å². The zero-order valence-electron chi connectivity index (χ0n) is 10.9. The lowest BCUT2D eigenvalue weighted by molar-refractivity contribution is 0.208. The number of rotatable bonds is 3. The Hall–Kier alpha value is -2.43. The van der Waals surface area contributed by atoms with Crippen molar-refractivity contribution in [2.45, 2.75) is 13.0 Å². The van der Waals surface area contributed by atoms with Gasteiger partial charge in [0.25, 0.3) is 0 Å². The molecule has 0 radical (unpaired) electrons. The molecule has 0 unspecified atom stereocenters. The summed E-state index contributed by atoms with van der Waals surface area (Å²) < 4.78 is 0. The molecule has 0 saturated carbocycles. The van der Waals surface area contributed by atoms with E-state index in [1.807, 2.05) is 37.3 Å². The van der Waals surface area contributed by atoms with Crippen molar-refractivity contribution in [1.29, 1.82) is 0 Å². The molecule has 0 spiro atoms. The van der Waals surface area contributed by atoms with Crippen molar-refractivity contribution < 1.29 is 4.79 Å². The van der Waals surface area contributed by atoms with E-state index in [9.17, 15) is 4.79 Å². The molecule has 1 N–H and O–H groups in total. The summed E-state index contributed by atoms with van der Waals surface area (Å²) in [6.07, 6.45) is 2.99. The lowest BCUT2D eigenvalue weighted by Gasteiger charge is -2.25. The van der Waals surface area contributed by atoms with Gasteiger partial charge in [-0.05, 0) is 18.6 Å². The number of nitrogens with one attached hydrogen (secondary N) is 1. The van der Waals surface area contributed by atoms with Crippen LogP contribution in [0.2, 0.25) is 0 Å². The van der Waals surface area contributed by atoms with Gasteiger partial charge in [-0.1, -0.05) is 30.3 Å². The SMILES string of the molecule is C[C@H](c1ccccc1)N(C)C(=O)Nc1ccncn1. The number of amides is 2. The molecule has 2 aromatic rings. The largest absolute Gasteiger partial charge is 0.323 e. The molecule has 2 rings (SSSR count). The number of anilines is 1. The van der Waals surface area contributed by atoms with E-state index < -0.39 is 0 Å². The van der Waals surface area contributed by atoms with E-state index in [1.165, 1.54) is 6.33 Å². The first-order valence-corrected chi connectivity index (χ1v) is 6.03. The molecular formula is C14H16N4O. The van der Waals surface area contributed by atoms with Crippen LogP contribution in [0.5, 0.6) is 0 Å². The molecule has 0 aliphatic rings. The fourth-order valence-electron chi connectivity index (χ4n) is 1.69. The number of benzene rings is 1. The summed E-state index contributed by atoms with van der Waals surface area (Å²) in [6.45, 7) is 1.98. The molecule has 1 heterocycles. The first kappa shape index (κ1) is 13.0. The van der Waals surface area contributed by atoms with Crippen molar-refractivity contribution in [3.63, 3.8) is 0 Å². The first-order valence-electron chi connectivity index (χ1n) is 6.03. The number of aromatic nitrogens is 2. The summed E-state index contributed by atoms with van der Waals surface area (Å²) in [7, 11) is 1.76. The van der Waals surface area contributed by atoms with E-state index >= 15 is 0 Å². The number of urea groups is 1. The number of hydrogen-bond acceptors (Lipinski definition) is 3. The van der Waals surface area contributed by atoms with Crippen molar-refractivity contribution >= 4 is 11.8 Å². The maximum atomic E-state index is 12.1. The van der Waals surface area contributed by atoms with Gasteiger partial charge < -0.3 is 4.90 Å². The van der Waals surface area contributed by atoms with Crippen LogP contribution in [0.3, 0.4) is 0 Å². The zero-order chi connectivity index (χ0) is 13.7. The summed E-state index contributed by atoms with van der Waals surface area (Å²) >= 11 is 0. The minimum Gasteiger partial charge on any atom is -0.321 e. The van der Waals surface area contributed by atoms with Crippen LogP contribution in [0, 0.1) is 0 Å².